The first-order valence-corrected chi connectivity index (χ1v) is 4.99. The van der Waals surface area contributed by atoms with Gasteiger partial charge in [-0.1, -0.05) is 6.92 Å². The fraction of sp³-hybridized carbons (Fsp3) is 0.800. The molecule has 0 rings (SSSR count). The van der Waals surface area contributed by atoms with Gasteiger partial charge in [-0.05, 0) is 6.42 Å². The second-order valence-electron chi connectivity index (χ2n) is 3.14. The summed E-state index contributed by atoms with van der Waals surface area (Å²) in [7, 11) is 2.81. The van der Waals surface area contributed by atoms with Crippen molar-refractivity contribution in [2.24, 2.45) is 0 Å². The lowest BCUT2D eigenvalue weighted by molar-refractivity contribution is -0.142. The van der Waals surface area contributed by atoms with E-state index in [1.807, 2.05) is 6.92 Å². The first-order chi connectivity index (χ1) is 7.15. The van der Waals surface area contributed by atoms with E-state index in [-0.39, 0.29) is 24.9 Å². The molecule has 0 radical (unpaired) electrons. The molecule has 0 unspecified atom stereocenters. The second-order valence-corrected chi connectivity index (χ2v) is 3.14. The molecule has 0 saturated heterocycles. The molecular weight excluding hydrogens is 198 g/mol. The molecule has 0 aliphatic carbocycles. The first kappa shape index (κ1) is 13.9. The van der Waals surface area contributed by atoms with Gasteiger partial charge in [0.1, 0.15) is 6.61 Å². The summed E-state index contributed by atoms with van der Waals surface area (Å²) in [6.07, 6.45) is 1.09. The monoisotopic (exact) mass is 217 g/mol. The quantitative estimate of drug-likeness (QED) is 0.580. The Morgan fingerprint density at radius 1 is 1.20 bits per heavy atom. The van der Waals surface area contributed by atoms with Gasteiger partial charge < -0.3 is 14.4 Å². The molecule has 15 heavy (non-hydrogen) atoms. The maximum absolute atomic E-state index is 11.5. The minimum absolute atomic E-state index is 0.0567. The highest BCUT2D eigenvalue weighted by molar-refractivity contribution is 5.78. The molecule has 0 aromatic rings. The summed E-state index contributed by atoms with van der Waals surface area (Å²) in [5.41, 5.74) is 0. The third kappa shape index (κ3) is 6.06. The van der Waals surface area contributed by atoms with Crippen molar-refractivity contribution >= 4 is 11.9 Å². The predicted molar refractivity (Wildman–Crippen MR) is 55.4 cm³/mol. The lowest BCUT2D eigenvalue weighted by atomic mass is 10.3. The van der Waals surface area contributed by atoms with E-state index in [4.69, 9.17) is 4.74 Å². The van der Waals surface area contributed by atoms with Gasteiger partial charge in [-0.25, -0.2) is 0 Å². The highest BCUT2D eigenvalue weighted by atomic mass is 16.5. The first-order valence-electron chi connectivity index (χ1n) is 4.99. The molecule has 1 amide bonds. The van der Waals surface area contributed by atoms with Gasteiger partial charge in [0, 0.05) is 20.2 Å². The summed E-state index contributed by atoms with van der Waals surface area (Å²) < 4.78 is 9.27. The highest BCUT2D eigenvalue weighted by Crippen LogP contribution is 1.97. The van der Waals surface area contributed by atoms with Crippen molar-refractivity contribution in [1.82, 2.24) is 4.90 Å². The lowest BCUT2D eigenvalue weighted by Gasteiger charge is -2.21. The van der Waals surface area contributed by atoms with Crippen LogP contribution in [0.4, 0.5) is 0 Å². The van der Waals surface area contributed by atoms with E-state index in [9.17, 15) is 9.59 Å². The molecule has 0 aliphatic rings. The Bertz CT molecular complexity index is 206. The van der Waals surface area contributed by atoms with Crippen molar-refractivity contribution in [1.29, 1.82) is 0 Å². The summed E-state index contributed by atoms with van der Waals surface area (Å²) >= 11 is 0. The number of amides is 1. The zero-order chi connectivity index (χ0) is 11.7. The van der Waals surface area contributed by atoms with Crippen molar-refractivity contribution in [3.05, 3.63) is 0 Å². The number of esters is 1. The zero-order valence-corrected chi connectivity index (χ0v) is 9.62. The number of carbonyl (C=O) groups excluding carboxylic acids is 2. The van der Waals surface area contributed by atoms with E-state index >= 15 is 0 Å². The molecular formula is C10H19NO4. The molecule has 0 atom stereocenters. The SMILES string of the molecule is CCCN(CCC(=O)OC)C(=O)COC. The number of rotatable bonds is 7. The smallest absolute Gasteiger partial charge is 0.307 e. The predicted octanol–water partition coefficient (Wildman–Crippen LogP) is 0.434. The normalized spacial score (nSPS) is 9.80. The minimum Gasteiger partial charge on any atom is -0.469 e. The zero-order valence-electron chi connectivity index (χ0n) is 9.62. The van der Waals surface area contributed by atoms with Gasteiger partial charge in [-0.15, -0.1) is 0 Å². The van der Waals surface area contributed by atoms with E-state index in [0.717, 1.165) is 6.42 Å². The van der Waals surface area contributed by atoms with Crippen LogP contribution in [0.15, 0.2) is 0 Å². The number of nitrogens with zero attached hydrogens (tertiary/aromatic N) is 1. The Labute approximate surface area is 90.3 Å². The molecule has 0 fully saturated rings. The summed E-state index contributed by atoms with van der Waals surface area (Å²) in [5.74, 6) is -0.399. The number of ether oxygens (including phenoxy) is 2. The van der Waals surface area contributed by atoms with E-state index in [1.54, 1.807) is 4.90 Å². The summed E-state index contributed by atoms with van der Waals surface area (Å²) in [4.78, 5) is 24.0. The van der Waals surface area contributed by atoms with Crippen LogP contribution in [-0.4, -0.2) is 50.7 Å². The third-order valence-electron chi connectivity index (χ3n) is 1.93. The van der Waals surface area contributed by atoms with Gasteiger partial charge in [-0.3, -0.25) is 9.59 Å². The standard InChI is InChI=1S/C10H19NO4/c1-4-6-11(9(12)8-14-2)7-5-10(13)15-3/h4-8H2,1-3H3. The van der Waals surface area contributed by atoms with Crippen molar-refractivity contribution < 1.29 is 19.1 Å². The van der Waals surface area contributed by atoms with Crippen LogP contribution in [0.1, 0.15) is 19.8 Å². The molecule has 0 bridgehead atoms. The van der Waals surface area contributed by atoms with Crippen LogP contribution in [0.5, 0.6) is 0 Å². The van der Waals surface area contributed by atoms with Gasteiger partial charge in [0.15, 0.2) is 0 Å². The van der Waals surface area contributed by atoms with Crippen LogP contribution < -0.4 is 0 Å². The van der Waals surface area contributed by atoms with Gasteiger partial charge >= 0.3 is 5.97 Å². The Balaban J connectivity index is 4.02. The molecule has 0 heterocycles. The highest BCUT2D eigenvalue weighted by Gasteiger charge is 2.13. The molecule has 5 heteroatoms. The average molecular weight is 217 g/mol. The molecule has 0 aromatic heterocycles. The van der Waals surface area contributed by atoms with Gasteiger partial charge in [0.05, 0.1) is 13.5 Å². The molecule has 0 spiro atoms. The topological polar surface area (TPSA) is 55.8 Å². The van der Waals surface area contributed by atoms with Gasteiger partial charge in [0.25, 0.3) is 0 Å². The fourth-order valence-corrected chi connectivity index (χ4v) is 1.17. The van der Waals surface area contributed by atoms with E-state index < -0.39 is 0 Å². The molecule has 0 N–H and O–H groups in total. The fourth-order valence-electron chi connectivity index (χ4n) is 1.17. The van der Waals surface area contributed by atoms with Crippen LogP contribution in [0.3, 0.4) is 0 Å². The maximum atomic E-state index is 11.5. The Morgan fingerprint density at radius 3 is 2.33 bits per heavy atom. The van der Waals surface area contributed by atoms with Crippen LogP contribution >= 0.6 is 0 Å². The van der Waals surface area contributed by atoms with Crippen LogP contribution in [0.25, 0.3) is 0 Å². The number of hydrogen-bond donors (Lipinski definition) is 0. The van der Waals surface area contributed by atoms with Crippen LogP contribution in [0.2, 0.25) is 0 Å². The largest absolute Gasteiger partial charge is 0.469 e. The second kappa shape index (κ2) is 8.23. The molecule has 0 aromatic carbocycles. The Morgan fingerprint density at radius 2 is 1.87 bits per heavy atom. The summed E-state index contributed by atoms with van der Waals surface area (Å²) in [6.45, 7) is 3.06. The molecule has 88 valence electrons. The third-order valence-corrected chi connectivity index (χ3v) is 1.93. The Kier molecular flexibility index (Phi) is 7.62. The summed E-state index contributed by atoms with van der Waals surface area (Å²) in [6, 6.07) is 0. The van der Waals surface area contributed by atoms with Gasteiger partial charge in [0.2, 0.25) is 5.91 Å². The molecule has 5 nitrogen and oxygen atoms in total. The maximum Gasteiger partial charge on any atom is 0.307 e. The van der Waals surface area contributed by atoms with Crippen molar-refractivity contribution in [3.8, 4) is 0 Å². The van der Waals surface area contributed by atoms with Crippen molar-refractivity contribution in [2.45, 2.75) is 19.8 Å². The average Bonchev–Trinajstić information content (AvgIpc) is 2.23. The molecule has 0 saturated carbocycles. The van der Waals surface area contributed by atoms with Crippen LogP contribution in [-0.2, 0) is 19.1 Å². The molecule has 0 aliphatic heterocycles. The van der Waals surface area contributed by atoms with E-state index in [0.29, 0.717) is 13.1 Å². The van der Waals surface area contributed by atoms with Crippen molar-refractivity contribution in [2.75, 3.05) is 33.9 Å². The van der Waals surface area contributed by atoms with Gasteiger partial charge in [-0.2, -0.15) is 0 Å². The van der Waals surface area contributed by atoms with E-state index in [1.165, 1.54) is 14.2 Å². The number of methoxy groups -OCH3 is 2. The van der Waals surface area contributed by atoms with Crippen LogP contribution in [0, 0.1) is 0 Å². The Hall–Kier alpha value is -1.10. The number of carbonyl (C=O) groups is 2. The minimum atomic E-state index is -0.304. The summed E-state index contributed by atoms with van der Waals surface area (Å²) in [5, 5.41) is 0. The van der Waals surface area contributed by atoms with Crippen molar-refractivity contribution in [3.63, 3.8) is 0 Å². The van der Waals surface area contributed by atoms with E-state index in [2.05, 4.69) is 4.74 Å². The lowest BCUT2D eigenvalue weighted by Crippen LogP contribution is -2.36. The number of hydrogen-bond acceptors (Lipinski definition) is 4.